The molecule has 0 aliphatic carbocycles. The Morgan fingerprint density at radius 1 is 1.05 bits per heavy atom. The third-order valence-corrected chi connectivity index (χ3v) is 3.69. The van der Waals surface area contributed by atoms with Crippen LogP contribution in [-0.2, 0) is 0 Å². The molecule has 3 N–H and O–H groups in total. The number of hydrogen-bond acceptors (Lipinski definition) is 4. The average molecular weight is 272 g/mol. The van der Waals surface area contributed by atoms with E-state index in [0.717, 1.165) is 22.4 Å². The fraction of sp³-hybridized carbons (Fsp3) is 0.250. The van der Waals surface area contributed by atoms with E-state index in [2.05, 4.69) is 0 Å². The van der Waals surface area contributed by atoms with Crippen LogP contribution < -0.4 is 4.74 Å². The topological polar surface area (TPSA) is 69.9 Å². The summed E-state index contributed by atoms with van der Waals surface area (Å²) in [5, 5.41) is 28.6. The molecular formula is C16H16O4. The number of rotatable bonds is 2. The van der Waals surface area contributed by atoms with Crippen molar-refractivity contribution in [2.24, 2.45) is 0 Å². The van der Waals surface area contributed by atoms with Gasteiger partial charge in [0, 0.05) is 5.56 Å². The molecule has 0 radical (unpaired) electrons. The van der Waals surface area contributed by atoms with Gasteiger partial charge in [-0.3, -0.25) is 0 Å². The number of hydrogen-bond donors (Lipinski definition) is 3. The minimum absolute atomic E-state index is 0.111. The van der Waals surface area contributed by atoms with Crippen LogP contribution in [0.4, 0.5) is 0 Å². The summed E-state index contributed by atoms with van der Waals surface area (Å²) in [7, 11) is 0. The summed E-state index contributed by atoms with van der Waals surface area (Å²) in [6.45, 7) is 1.89. The maximum absolute atomic E-state index is 9.67. The molecule has 0 amide bonds. The smallest absolute Gasteiger partial charge is 0.157 e. The molecule has 0 saturated heterocycles. The van der Waals surface area contributed by atoms with Gasteiger partial charge in [-0.1, -0.05) is 23.8 Å². The summed E-state index contributed by atoms with van der Waals surface area (Å²) >= 11 is 0. The Hall–Kier alpha value is -2.20. The minimum Gasteiger partial charge on any atom is -0.504 e. The highest BCUT2D eigenvalue weighted by Gasteiger charge is 2.35. The van der Waals surface area contributed by atoms with Crippen LogP contribution in [0, 0.1) is 6.92 Å². The van der Waals surface area contributed by atoms with E-state index in [-0.39, 0.29) is 30.1 Å². The zero-order chi connectivity index (χ0) is 14.3. The Labute approximate surface area is 116 Å². The zero-order valence-electron chi connectivity index (χ0n) is 11.1. The molecule has 0 spiro atoms. The first-order chi connectivity index (χ1) is 9.60. The monoisotopic (exact) mass is 272 g/mol. The molecule has 2 aromatic rings. The second-order valence-corrected chi connectivity index (χ2v) is 5.11. The summed E-state index contributed by atoms with van der Waals surface area (Å²) in [5.74, 6) is 0.284. The van der Waals surface area contributed by atoms with Crippen molar-refractivity contribution in [3.05, 3.63) is 53.1 Å². The Bertz CT molecular complexity index is 651. The van der Waals surface area contributed by atoms with Crippen LogP contribution in [0.25, 0.3) is 0 Å². The second kappa shape index (κ2) is 4.72. The Kier molecular flexibility index (Phi) is 3.03. The van der Waals surface area contributed by atoms with Crippen molar-refractivity contribution in [3.63, 3.8) is 0 Å². The predicted octanol–water partition coefficient (Wildman–Crippen LogP) is 2.29. The molecule has 1 heterocycles. The molecule has 20 heavy (non-hydrogen) atoms. The second-order valence-electron chi connectivity index (χ2n) is 5.11. The summed E-state index contributed by atoms with van der Waals surface area (Å²) in [4.78, 5) is 0. The summed E-state index contributed by atoms with van der Waals surface area (Å²) < 4.78 is 5.75. The van der Waals surface area contributed by atoms with Gasteiger partial charge in [-0.15, -0.1) is 0 Å². The lowest BCUT2D eigenvalue weighted by Gasteiger charge is -2.18. The third kappa shape index (κ3) is 1.98. The fourth-order valence-corrected chi connectivity index (χ4v) is 2.72. The number of aliphatic hydroxyl groups excluding tert-OH is 1. The Morgan fingerprint density at radius 2 is 1.85 bits per heavy atom. The lowest BCUT2D eigenvalue weighted by Crippen LogP contribution is -2.23. The van der Waals surface area contributed by atoms with Gasteiger partial charge in [0.25, 0.3) is 0 Å². The van der Waals surface area contributed by atoms with E-state index in [1.165, 1.54) is 12.1 Å². The SMILES string of the molecule is Cc1ccc2c(c1)C(c1ccc(O)c(O)c1)C(CO)O2. The van der Waals surface area contributed by atoms with Gasteiger partial charge < -0.3 is 20.1 Å². The molecular weight excluding hydrogens is 256 g/mol. The van der Waals surface area contributed by atoms with E-state index in [9.17, 15) is 15.3 Å². The normalized spacial score (nSPS) is 20.5. The number of aliphatic hydroxyl groups is 1. The molecule has 2 atom stereocenters. The number of aromatic hydroxyl groups is 2. The molecule has 1 aliphatic rings. The zero-order valence-corrected chi connectivity index (χ0v) is 11.1. The molecule has 3 rings (SSSR count). The molecule has 1 aliphatic heterocycles. The van der Waals surface area contributed by atoms with Crippen LogP contribution in [0.5, 0.6) is 17.2 Å². The van der Waals surface area contributed by atoms with Crippen molar-refractivity contribution in [2.75, 3.05) is 6.61 Å². The van der Waals surface area contributed by atoms with Crippen LogP contribution >= 0.6 is 0 Å². The summed E-state index contributed by atoms with van der Waals surface area (Å²) in [5.41, 5.74) is 2.91. The molecule has 0 bridgehead atoms. The van der Waals surface area contributed by atoms with E-state index in [4.69, 9.17) is 4.74 Å². The highest BCUT2D eigenvalue weighted by Crippen LogP contribution is 2.44. The van der Waals surface area contributed by atoms with Crippen molar-refractivity contribution in [2.45, 2.75) is 18.9 Å². The van der Waals surface area contributed by atoms with Crippen LogP contribution in [0.15, 0.2) is 36.4 Å². The van der Waals surface area contributed by atoms with Crippen molar-refractivity contribution >= 4 is 0 Å². The molecule has 0 fully saturated rings. The maximum Gasteiger partial charge on any atom is 0.157 e. The summed E-state index contributed by atoms with van der Waals surface area (Å²) in [6, 6.07) is 10.6. The van der Waals surface area contributed by atoms with Gasteiger partial charge in [-0.05, 0) is 30.7 Å². The third-order valence-electron chi connectivity index (χ3n) is 3.69. The first-order valence-corrected chi connectivity index (χ1v) is 6.50. The lowest BCUT2D eigenvalue weighted by atomic mass is 9.87. The molecule has 104 valence electrons. The van der Waals surface area contributed by atoms with Gasteiger partial charge in [-0.2, -0.15) is 0 Å². The molecule has 0 saturated carbocycles. The summed E-state index contributed by atoms with van der Waals surface area (Å²) in [6.07, 6.45) is -0.379. The average Bonchev–Trinajstić information content (AvgIpc) is 2.79. The number of fused-ring (bicyclic) bond motifs is 1. The van der Waals surface area contributed by atoms with Crippen LogP contribution in [0.3, 0.4) is 0 Å². The van der Waals surface area contributed by atoms with Gasteiger partial charge in [0.1, 0.15) is 11.9 Å². The fourth-order valence-electron chi connectivity index (χ4n) is 2.72. The van der Waals surface area contributed by atoms with E-state index < -0.39 is 0 Å². The van der Waals surface area contributed by atoms with Gasteiger partial charge in [0.15, 0.2) is 11.5 Å². The highest BCUT2D eigenvalue weighted by molar-refractivity contribution is 5.51. The van der Waals surface area contributed by atoms with Crippen molar-refractivity contribution in [1.82, 2.24) is 0 Å². The van der Waals surface area contributed by atoms with Crippen molar-refractivity contribution in [1.29, 1.82) is 0 Å². The number of phenolic OH excluding ortho intramolecular Hbond substituents is 2. The number of phenols is 2. The Balaban J connectivity index is 2.11. The van der Waals surface area contributed by atoms with E-state index in [1.807, 2.05) is 25.1 Å². The quantitative estimate of drug-likeness (QED) is 0.734. The van der Waals surface area contributed by atoms with Crippen LogP contribution in [0.1, 0.15) is 22.6 Å². The molecule has 2 aromatic carbocycles. The van der Waals surface area contributed by atoms with Gasteiger partial charge in [-0.25, -0.2) is 0 Å². The van der Waals surface area contributed by atoms with Gasteiger partial charge in [0.2, 0.25) is 0 Å². The van der Waals surface area contributed by atoms with E-state index >= 15 is 0 Å². The highest BCUT2D eigenvalue weighted by atomic mass is 16.5. The maximum atomic E-state index is 9.67. The molecule has 0 aromatic heterocycles. The number of benzene rings is 2. The number of aryl methyl sites for hydroxylation is 1. The van der Waals surface area contributed by atoms with Gasteiger partial charge >= 0.3 is 0 Å². The Morgan fingerprint density at radius 3 is 2.55 bits per heavy atom. The first-order valence-electron chi connectivity index (χ1n) is 6.50. The number of ether oxygens (including phenoxy) is 1. The van der Waals surface area contributed by atoms with Crippen LogP contribution in [-0.4, -0.2) is 28.0 Å². The van der Waals surface area contributed by atoms with Crippen molar-refractivity contribution in [3.8, 4) is 17.2 Å². The van der Waals surface area contributed by atoms with Gasteiger partial charge in [0.05, 0.1) is 12.5 Å². The largest absolute Gasteiger partial charge is 0.504 e. The van der Waals surface area contributed by atoms with E-state index in [1.54, 1.807) is 6.07 Å². The van der Waals surface area contributed by atoms with Crippen LogP contribution in [0.2, 0.25) is 0 Å². The molecule has 2 unspecified atom stereocenters. The minimum atomic E-state index is -0.379. The first kappa shape index (κ1) is 12.8. The predicted molar refractivity (Wildman–Crippen MR) is 74.3 cm³/mol. The van der Waals surface area contributed by atoms with Crippen molar-refractivity contribution < 1.29 is 20.1 Å². The molecule has 4 heteroatoms. The standard InChI is InChI=1S/C16H16O4/c1-9-2-5-14-11(6-9)16(15(8-17)20-14)10-3-4-12(18)13(19)7-10/h2-7,15-19H,8H2,1H3. The molecule has 4 nitrogen and oxygen atoms in total. The lowest BCUT2D eigenvalue weighted by molar-refractivity contribution is 0.124. The van der Waals surface area contributed by atoms with E-state index in [0.29, 0.717) is 0 Å².